The molecule has 0 bridgehead atoms. The number of hydrogen-bond donors (Lipinski definition) is 0. The van der Waals surface area contributed by atoms with Gasteiger partial charge < -0.3 is 9.47 Å². The minimum Gasteiger partial charge on any atom is -0.462 e. The number of ether oxygens (including phenoxy) is 2. The zero-order chi connectivity index (χ0) is 16.2. The molecule has 122 valence electrons. The van der Waals surface area contributed by atoms with E-state index in [1.165, 1.54) is 18.5 Å². The number of halogens is 1. The lowest BCUT2D eigenvalue weighted by atomic mass is 10.1. The average Bonchev–Trinajstić information content (AvgIpc) is 3.01. The normalized spacial score (nSPS) is 15.6. The van der Waals surface area contributed by atoms with Gasteiger partial charge in [-0.05, 0) is 31.9 Å². The van der Waals surface area contributed by atoms with Gasteiger partial charge in [-0.2, -0.15) is 9.49 Å². The summed E-state index contributed by atoms with van der Waals surface area (Å²) >= 11 is 0. The van der Waals surface area contributed by atoms with Crippen molar-refractivity contribution in [2.75, 3.05) is 19.8 Å². The Morgan fingerprint density at radius 3 is 2.83 bits per heavy atom. The van der Waals surface area contributed by atoms with Crippen molar-refractivity contribution in [3.05, 3.63) is 36.0 Å². The summed E-state index contributed by atoms with van der Waals surface area (Å²) in [6, 6.07) is 3.00. The molecule has 1 aliphatic rings. The molecule has 1 aliphatic heterocycles. The number of pyridine rings is 1. The third-order valence-corrected chi connectivity index (χ3v) is 3.83. The fourth-order valence-electron chi connectivity index (χ4n) is 2.73. The van der Waals surface area contributed by atoms with Crippen molar-refractivity contribution in [2.24, 2.45) is 0 Å². The summed E-state index contributed by atoms with van der Waals surface area (Å²) in [6.07, 6.45) is 4.54. The zero-order valence-electron chi connectivity index (χ0n) is 12.9. The Labute approximate surface area is 133 Å². The van der Waals surface area contributed by atoms with Crippen molar-refractivity contribution in [3.8, 4) is 11.3 Å². The van der Waals surface area contributed by atoms with Gasteiger partial charge in [0.1, 0.15) is 5.56 Å². The van der Waals surface area contributed by atoms with Crippen LogP contribution in [0, 0.1) is 5.95 Å². The lowest BCUT2D eigenvalue weighted by Crippen LogP contribution is -2.21. The molecule has 0 aliphatic carbocycles. The molecule has 0 amide bonds. The van der Waals surface area contributed by atoms with Gasteiger partial charge >= 0.3 is 5.97 Å². The van der Waals surface area contributed by atoms with Gasteiger partial charge in [0.2, 0.25) is 5.95 Å². The van der Waals surface area contributed by atoms with E-state index in [-0.39, 0.29) is 12.6 Å². The predicted octanol–water partition coefficient (Wildman–Crippen LogP) is 2.61. The Morgan fingerprint density at radius 1 is 1.39 bits per heavy atom. The SMILES string of the molecule is CCOC(=O)c1cnn(C2CCOCC2)c1-c1ccc(F)nc1. The lowest BCUT2D eigenvalue weighted by molar-refractivity contribution is 0.0526. The van der Waals surface area contributed by atoms with Crippen LogP contribution in [0.5, 0.6) is 0 Å². The molecule has 0 radical (unpaired) electrons. The molecule has 0 N–H and O–H groups in total. The molecule has 0 saturated carbocycles. The van der Waals surface area contributed by atoms with Crippen molar-refractivity contribution < 1.29 is 18.7 Å². The Kier molecular flexibility index (Phi) is 4.66. The number of nitrogens with zero attached hydrogens (tertiary/aromatic N) is 3. The molecule has 0 aromatic carbocycles. The molecule has 0 spiro atoms. The van der Waals surface area contributed by atoms with Crippen molar-refractivity contribution in [1.29, 1.82) is 0 Å². The summed E-state index contributed by atoms with van der Waals surface area (Å²) in [4.78, 5) is 15.9. The first kappa shape index (κ1) is 15.6. The summed E-state index contributed by atoms with van der Waals surface area (Å²) < 4.78 is 25.4. The minimum absolute atomic E-state index is 0.131. The van der Waals surface area contributed by atoms with Crippen LogP contribution in [0.2, 0.25) is 0 Å². The third-order valence-electron chi connectivity index (χ3n) is 3.83. The first-order valence-electron chi connectivity index (χ1n) is 7.65. The number of carbonyl (C=O) groups excluding carboxylic acids is 1. The molecule has 0 atom stereocenters. The van der Waals surface area contributed by atoms with Crippen LogP contribution in [0.1, 0.15) is 36.2 Å². The molecule has 2 aromatic rings. The van der Waals surface area contributed by atoms with E-state index in [9.17, 15) is 9.18 Å². The zero-order valence-corrected chi connectivity index (χ0v) is 12.9. The lowest BCUT2D eigenvalue weighted by Gasteiger charge is -2.24. The van der Waals surface area contributed by atoms with Crippen LogP contribution in [0.15, 0.2) is 24.5 Å². The van der Waals surface area contributed by atoms with Gasteiger partial charge in [-0.3, -0.25) is 4.68 Å². The van der Waals surface area contributed by atoms with Gasteiger partial charge in [-0.15, -0.1) is 0 Å². The average molecular weight is 319 g/mol. The standard InChI is InChI=1S/C16H18FN3O3/c1-2-23-16(21)13-10-19-20(12-5-7-22-8-6-12)15(13)11-3-4-14(17)18-9-11/h3-4,9-10,12H,2,5-8H2,1H3. The largest absolute Gasteiger partial charge is 0.462 e. The van der Waals surface area contributed by atoms with E-state index in [0.717, 1.165) is 12.8 Å². The van der Waals surface area contributed by atoms with Gasteiger partial charge in [-0.25, -0.2) is 9.78 Å². The Bertz CT molecular complexity index is 678. The van der Waals surface area contributed by atoms with Crippen LogP contribution >= 0.6 is 0 Å². The van der Waals surface area contributed by atoms with Gasteiger partial charge in [0, 0.05) is 25.0 Å². The van der Waals surface area contributed by atoms with E-state index in [2.05, 4.69) is 10.1 Å². The molecular weight excluding hydrogens is 301 g/mol. The van der Waals surface area contributed by atoms with Crippen molar-refractivity contribution >= 4 is 5.97 Å². The summed E-state index contributed by atoms with van der Waals surface area (Å²) in [5, 5.41) is 4.38. The number of rotatable bonds is 4. The first-order chi connectivity index (χ1) is 11.2. The highest BCUT2D eigenvalue weighted by atomic mass is 19.1. The highest BCUT2D eigenvalue weighted by Crippen LogP contribution is 2.30. The van der Waals surface area contributed by atoms with E-state index >= 15 is 0 Å². The number of hydrogen-bond acceptors (Lipinski definition) is 5. The molecule has 0 unspecified atom stereocenters. The highest BCUT2D eigenvalue weighted by Gasteiger charge is 2.25. The third kappa shape index (κ3) is 3.24. The van der Waals surface area contributed by atoms with E-state index in [0.29, 0.717) is 30.0 Å². The Balaban J connectivity index is 2.05. The van der Waals surface area contributed by atoms with Crippen molar-refractivity contribution in [1.82, 2.24) is 14.8 Å². The maximum absolute atomic E-state index is 13.1. The first-order valence-corrected chi connectivity index (χ1v) is 7.65. The molecular formula is C16H18FN3O3. The van der Waals surface area contributed by atoms with Gasteiger partial charge in [0.15, 0.2) is 0 Å². The monoisotopic (exact) mass is 319 g/mol. The second-order valence-electron chi connectivity index (χ2n) is 5.29. The summed E-state index contributed by atoms with van der Waals surface area (Å²) in [5.74, 6) is -1.01. The second-order valence-corrected chi connectivity index (χ2v) is 5.29. The Morgan fingerprint density at radius 2 is 2.17 bits per heavy atom. The molecule has 23 heavy (non-hydrogen) atoms. The maximum Gasteiger partial charge on any atom is 0.341 e. The number of esters is 1. The van der Waals surface area contributed by atoms with Crippen LogP contribution < -0.4 is 0 Å². The Hall–Kier alpha value is -2.28. The van der Waals surface area contributed by atoms with Crippen LogP contribution in [-0.4, -0.2) is 40.6 Å². The van der Waals surface area contributed by atoms with Crippen molar-refractivity contribution in [3.63, 3.8) is 0 Å². The molecule has 1 fully saturated rings. The quantitative estimate of drug-likeness (QED) is 0.640. The van der Waals surface area contributed by atoms with Crippen LogP contribution in [0.3, 0.4) is 0 Å². The van der Waals surface area contributed by atoms with E-state index in [4.69, 9.17) is 9.47 Å². The molecule has 3 heterocycles. The van der Waals surface area contributed by atoms with Gasteiger partial charge in [0.25, 0.3) is 0 Å². The second kappa shape index (κ2) is 6.87. The van der Waals surface area contributed by atoms with Crippen molar-refractivity contribution in [2.45, 2.75) is 25.8 Å². The van der Waals surface area contributed by atoms with Crippen LogP contribution in [0.25, 0.3) is 11.3 Å². The van der Waals surface area contributed by atoms with E-state index < -0.39 is 11.9 Å². The predicted molar refractivity (Wildman–Crippen MR) is 80.5 cm³/mol. The molecule has 3 rings (SSSR count). The van der Waals surface area contributed by atoms with Crippen LogP contribution in [0.4, 0.5) is 4.39 Å². The summed E-state index contributed by atoms with van der Waals surface area (Å²) in [5.41, 5.74) is 1.62. The summed E-state index contributed by atoms with van der Waals surface area (Å²) in [7, 11) is 0. The number of carbonyl (C=O) groups is 1. The van der Waals surface area contributed by atoms with E-state index in [1.807, 2.05) is 4.68 Å². The molecule has 1 saturated heterocycles. The molecule has 7 heteroatoms. The number of aromatic nitrogens is 3. The minimum atomic E-state index is -0.566. The van der Waals surface area contributed by atoms with Gasteiger partial charge in [-0.1, -0.05) is 0 Å². The fourth-order valence-corrected chi connectivity index (χ4v) is 2.73. The van der Waals surface area contributed by atoms with Crippen LogP contribution in [-0.2, 0) is 9.47 Å². The molecule has 6 nitrogen and oxygen atoms in total. The fraction of sp³-hybridized carbons (Fsp3) is 0.438. The van der Waals surface area contributed by atoms with E-state index in [1.54, 1.807) is 13.0 Å². The topological polar surface area (TPSA) is 66.2 Å². The smallest absolute Gasteiger partial charge is 0.341 e. The maximum atomic E-state index is 13.1. The highest BCUT2D eigenvalue weighted by molar-refractivity contribution is 5.96. The molecule has 2 aromatic heterocycles. The van der Waals surface area contributed by atoms with Gasteiger partial charge in [0.05, 0.1) is 24.5 Å². The summed E-state index contributed by atoms with van der Waals surface area (Å²) in [6.45, 7) is 3.34.